The summed E-state index contributed by atoms with van der Waals surface area (Å²) in [6, 6.07) is 22.0. The van der Waals surface area contributed by atoms with E-state index in [9.17, 15) is 20.0 Å². The van der Waals surface area contributed by atoms with E-state index in [2.05, 4.69) is 27.1 Å². The summed E-state index contributed by atoms with van der Waals surface area (Å²) in [7, 11) is 1.62. The predicted molar refractivity (Wildman–Crippen MR) is 201 cm³/mol. The minimum atomic E-state index is -0.589. The Labute approximate surface area is 310 Å². The number of carbonyl (C=O) groups excluding carboxylic acids is 2. The van der Waals surface area contributed by atoms with Crippen LogP contribution in [-0.2, 0) is 17.8 Å². The highest BCUT2D eigenvalue weighted by Gasteiger charge is 2.21. The SMILES string of the molecule is CC(C)(C)OC(=O)n1cc(CC#N)c2cc(CO)ccc21.COc1ccc2[nH]cc(/C(C#N)=C/c3ccc(Cl)nc3)c2c1.O=Cc1ccc(Cl)nc1. The van der Waals surface area contributed by atoms with E-state index in [0.29, 0.717) is 27.0 Å². The van der Waals surface area contributed by atoms with Crippen LogP contribution in [0.3, 0.4) is 0 Å². The molecular weight excluding hydrogens is 703 g/mol. The molecule has 0 radical (unpaired) electrons. The number of nitriles is 2. The first-order chi connectivity index (χ1) is 24.9. The second-order valence-electron chi connectivity index (χ2n) is 12.1. The van der Waals surface area contributed by atoms with Gasteiger partial charge in [-0.25, -0.2) is 14.8 Å². The molecule has 0 fully saturated rings. The summed E-state index contributed by atoms with van der Waals surface area (Å²) in [5.74, 6) is 0.749. The van der Waals surface area contributed by atoms with Gasteiger partial charge in [0, 0.05) is 52.2 Å². The molecule has 264 valence electrons. The quantitative estimate of drug-likeness (QED) is 0.0964. The number of aliphatic hydroxyl groups is 1. The minimum absolute atomic E-state index is 0.0838. The number of pyridine rings is 2. The molecule has 0 aliphatic rings. The monoisotopic (exact) mass is 736 g/mol. The van der Waals surface area contributed by atoms with Crippen LogP contribution in [0, 0.1) is 22.7 Å². The Morgan fingerprint density at radius 2 is 1.67 bits per heavy atom. The Balaban J connectivity index is 0.000000189. The number of hydrogen-bond acceptors (Lipinski definition) is 9. The van der Waals surface area contributed by atoms with Crippen molar-refractivity contribution in [2.24, 2.45) is 0 Å². The van der Waals surface area contributed by atoms with Crippen molar-refractivity contribution in [1.29, 1.82) is 10.5 Å². The van der Waals surface area contributed by atoms with Gasteiger partial charge in [0.2, 0.25) is 0 Å². The molecule has 4 heterocycles. The van der Waals surface area contributed by atoms with Crippen LogP contribution in [0.4, 0.5) is 4.79 Å². The van der Waals surface area contributed by atoms with Gasteiger partial charge in [-0.05, 0) is 92.1 Å². The van der Waals surface area contributed by atoms with Crippen molar-refractivity contribution in [3.63, 3.8) is 0 Å². The van der Waals surface area contributed by atoms with Gasteiger partial charge in [0.05, 0.1) is 43.4 Å². The Hall–Kier alpha value is -5.98. The molecule has 52 heavy (non-hydrogen) atoms. The molecule has 0 bridgehead atoms. The minimum Gasteiger partial charge on any atom is -0.497 e. The summed E-state index contributed by atoms with van der Waals surface area (Å²) >= 11 is 11.2. The van der Waals surface area contributed by atoms with Crippen molar-refractivity contribution in [1.82, 2.24) is 19.5 Å². The van der Waals surface area contributed by atoms with Crippen molar-refractivity contribution in [2.75, 3.05) is 7.11 Å². The fourth-order valence-corrected chi connectivity index (χ4v) is 5.07. The lowest BCUT2D eigenvalue weighted by molar-refractivity contribution is 0.0544. The number of aldehydes is 1. The van der Waals surface area contributed by atoms with Crippen molar-refractivity contribution in [3.05, 3.63) is 124 Å². The Morgan fingerprint density at radius 3 is 2.23 bits per heavy atom. The molecule has 0 aliphatic heterocycles. The number of nitrogens with one attached hydrogen (secondary N) is 1. The second-order valence-corrected chi connectivity index (χ2v) is 12.9. The molecule has 2 aromatic carbocycles. The first-order valence-corrected chi connectivity index (χ1v) is 16.4. The summed E-state index contributed by atoms with van der Waals surface area (Å²) in [4.78, 5) is 33.2. The lowest BCUT2D eigenvalue weighted by atomic mass is 10.0. The van der Waals surface area contributed by atoms with Gasteiger partial charge in [0.25, 0.3) is 0 Å². The summed E-state index contributed by atoms with van der Waals surface area (Å²) in [6.45, 7) is 5.32. The predicted octanol–water partition coefficient (Wildman–Crippen LogP) is 8.82. The van der Waals surface area contributed by atoms with Gasteiger partial charge in [-0.3, -0.25) is 9.36 Å². The number of aromatic nitrogens is 4. The lowest BCUT2D eigenvalue weighted by Gasteiger charge is -2.19. The highest BCUT2D eigenvalue weighted by Crippen LogP contribution is 2.29. The van der Waals surface area contributed by atoms with Gasteiger partial charge < -0.3 is 19.6 Å². The fraction of sp³-hybridized carbons (Fsp3) is 0.179. The van der Waals surface area contributed by atoms with E-state index in [4.69, 9.17) is 37.9 Å². The van der Waals surface area contributed by atoms with Gasteiger partial charge in [-0.1, -0.05) is 35.3 Å². The number of carbonyl (C=O) groups is 2. The standard InChI is InChI=1S/C17H12ClN3O.C16H18N2O3.C6H4ClNO/c1-22-13-3-4-16-14(7-13)15(10-20-16)12(8-19)6-11-2-5-17(18)21-9-11;1-16(2,3)21-15(20)18-9-12(6-7-17)13-8-11(10-19)4-5-14(13)18;7-6-2-1-5(4-9)3-8-6/h2-7,9-10,20H,1H3;4-5,8-9,19H,6,10H2,1-3H3;1-4H/b12-6+;;. The van der Waals surface area contributed by atoms with Crippen molar-refractivity contribution in [3.8, 4) is 17.9 Å². The van der Waals surface area contributed by atoms with Crippen LogP contribution >= 0.6 is 23.2 Å². The zero-order valence-corrected chi connectivity index (χ0v) is 30.2. The molecule has 0 aliphatic carbocycles. The Bertz CT molecular complexity index is 2290. The third-order valence-corrected chi connectivity index (χ3v) is 7.69. The summed E-state index contributed by atoms with van der Waals surface area (Å²) in [5, 5.41) is 30.2. The molecule has 11 nitrogen and oxygen atoms in total. The second kappa shape index (κ2) is 17.8. The topological polar surface area (TPSA) is 167 Å². The van der Waals surface area contributed by atoms with Crippen LogP contribution in [0.15, 0.2) is 85.5 Å². The number of hydrogen-bond donors (Lipinski definition) is 2. The number of allylic oxidation sites excluding steroid dienone is 1. The molecule has 2 N–H and O–H groups in total. The van der Waals surface area contributed by atoms with Crippen molar-refractivity contribution >= 4 is 69.0 Å². The van der Waals surface area contributed by atoms with Gasteiger partial charge in [0.15, 0.2) is 6.29 Å². The number of halogens is 2. The summed E-state index contributed by atoms with van der Waals surface area (Å²) in [6.07, 6.45) is 8.74. The van der Waals surface area contributed by atoms with E-state index in [1.165, 1.54) is 10.8 Å². The molecule has 0 atom stereocenters. The van der Waals surface area contributed by atoms with Crippen LogP contribution in [0.2, 0.25) is 10.3 Å². The van der Waals surface area contributed by atoms with E-state index in [1.54, 1.807) is 82.7 Å². The zero-order valence-electron chi connectivity index (χ0n) is 28.7. The largest absolute Gasteiger partial charge is 0.497 e. The third kappa shape index (κ3) is 10.3. The molecule has 6 rings (SSSR count). The van der Waals surface area contributed by atoms with Crippen LogP contribution in [0.25, 0.3) is 33.5 Å². The molecule has 0 saturated carbocycles. The molecule has 0 unspecified atom stereocenters. The number of aliphatic hydroxyl groups excluding tert-OH is 1. The Kier molecular flexibility index (Phi) is 13.3. The molecule has 0 amide bonds. The first kappa shape index (κ1) is 38.8. The number of ether oxygens (including phenoxy) is 2. The average Bonchev–Trinajstić information content (AvgIpc) is 3.72. The molecule has 13 heteroatoms. The van der Waals surface area contributed by atoms with E-state index >= 15 is 0 Å². The highest BCUT2D eigenvalue weighted by molar-refractivity contribution is 6.29. The van der Waals surface area contributed by atoms with Crippen LogP contribution in [0.1, 0.15) is 53.4 Å². The molecule has 4 aromatic heterocycles. The van der Waals surface area contributed by atoms with Crippen LogP contribution in [-0.4, -0.2) is 49.7 Å². The van der Waals surface area contributed by atoms with E-state index < -0.39 is 11.7 Å². The smallest absolute Gasteiger partial charge is 0.419 e. The van der Waals surface area contributed by atoms with E-state index in [1.807, 2.05) is 30.5 Å². The van der Waals surface area contributed by atoms with Crippen LogP contribution < -0.4 is 4.74 Å². The number of H-pyrrole nitrogens is 1. The molecular formula is C39H34Cl2N6O5. The molecule has 6 aromatic rings. The number of aromatic amines is 1. The zero-order chi connectivity index (χ0) is 37.8. The summed E-state index contributed by atoms with van der Waals surface area (Å²) in [5.41, 5.74) is 5.25. The molecule has 0 saturated heterocycles. The van der Waals surface area contributed by atoms with Crippen molar-refractivity contribution in [2.45, 2.75) is 39.4 Å². The van der Waals surface area contributed by atoms with E-state index in [-0.39, 0.29) is 13.0 Å². The number of fused-ring (bicyclic) bond motifs is 2. The number of rotatable bonds is 6. The third-order valence-electron chi connectivity index (χ3n) is 7.24. The summed E-state index contributed by atoms with van der Waals surface area (Å²) < 4.78 is 12.0. The maximum absolute atomic E-state index is 12.3. The van der Waals surface area contributed by atoms with Gasteiger partial charge in [-0.2, -0.15) is 10.5 Å². The molecule has 0 spiro atoms. The number of nitrogens with zero attached hydrogens (tertiary/aromatic N) is 5. The van der Waals surface area contributed by atoms with Gasteiger partial charge >= 0.3 is 6.09 Å². The van der Waals surface area contributed by atoms with Crippen LogP contribution in [0.5, 0.6) is 5.75 Å². The number of benzene rings is 2. The maximum Gasteiger partial charge on any atom is 0.419 e. The lowest BCUT2D eigenvalue weighted by Crippen LogP contribution is -2.26. The fourth-order valence-electron chi connectivity index (χ4n) is 4.85. The maximum atomic E-state index is 12.3. The Morgan fingerprint density at radius 1 is 0.981 bits per heavy atom. The van der Waals surface area contributed by atoms with Crippen molar-refractivity contribution < 1.29 is 24.2 Å². The van der Waals surface area contributed by atoms with Gasteiger partial charge in [-0.15, -0.1) is 0 Å². The highest BCUT2D eigenvalue weighted by atomic mass is 35.5. The first-order valence-electron chi connectivity index (χ1n) is 15.7. The average molecular weight is 738 g/mol. The van der Waals surface area contributed by atoms with Gasteiger partial charge in [0.1, 0.15) is 21.7 Å². The number of methoxy groups -OCH3 is 1. The van der Waals surface area contributed by atoms with E-state index in [0.717, 1.165) is 50.6 Å². The normalized spacial score (nSPS) is 11.0.